The van der Waals surface area contributed by atoms with E-state index >= 15 is 0 Å². The maximum Gasteiger partial charge on any atom is 0.317 e. The number of carbonyl (C=O) groups is 2. The molecule has 1 saturated heterocycles. The minimum atomic E-state index is -0.733. The predicted octanol–water partition coefficient (Wildman–Crippen LogP) is 2.87. The zero-order valence-electron chi connectivity index (χ0n) is 15.3. The summed E-state index contributed by atoms with van der Waals surface area (Å²) in [5.41, 5.74) is -0.699. The van der Waals surface area contributed by atoms with Gasteiger partial charge in [-0.3, -0.25) is 4.79 Å². The number of fused-ring (bicyclic) bond motifs is 1. The number of urea groups is 1. The standard InChI is InChI=1S/C19H32N2O4/c1-2-25-16(14-6-3-4-7-14)9-11-20-18(24)21-12-15-8-5-10-19(15,13-21)17(22)23/h14-16H,2-13H2,1H3,(H,20,24)(H,22,23)/t15-,16?,19+/m0/s1. The SMILES string of the molecule is CCOC(CCNC(=O)N1C[C@@H]2CCC[C@@]2(C(=O)O)C1)C1CCCC1. The smallest absolute Gasteiger partial charge is 0.317 e. The van der Waals surface area contributed by atoms with Crippen molar-refractivity contribution in [1.29, 1.82) is 0 Å². The van der Waals surface area contributed by atoms with Crippen LogP contribution in [0.2, 0.25) is 0 Å². The highest BCUT2D eigenvalue weighted by atomic mass is 16.5. The highest BCUT2D eigenvalue weighted by molar-refractivity contribution is 5.80. The van der Waals surface area contributed by atoms with Gasteiger partial charge in [0.1, 0.15) is 0 Å². The van der Waals surface area contributed by atoms with Gasteiger partial charge in [0.25, 0.3) is 0 Å². The van der Waals surface area contributed by atoms with Crippen LogP contribution in [0.25, 0.3) is 0 Å². The number of rotatable bonds is 7. The zero-order valence-corrected chi connectivity index (χ0v) is 15.3. The second-order valence-electron chi connectivity index (χ2n) is 7.99. The Morgan fingerprint density at radius 2 is 2.04 bits per heavy atom. The summed E-state index contributed by atoms with van der Waals surface area (Å²) in [5.74, 6) is 0.00614. The predicted molar refractivity (Wildman–Crippen MR) is 94.4 cm³/mol. The van der Waals surface area contributed by atoms with Crippen LogP contribution in [0.5, 0.6) is 0 Å². The lowest BCUT2D eigenvalue weighted by Crippen LogP contribution is -2.42. The van der Waals surface area contributed by atoms with E-state index in [2.05, 4.69) is 5.32 Å². The molecule has 3 fully saturated rings. The van der Waals surface area contributed by atoms with Crippen molar-refractivity contribution in [2.45, 2.75) is 64.4 Å². The fourth-order valence-electron chi connectivity index (χ4n) is 5.23. The number of hydrogen-bond acceptors (Lipinski definition) is 3. The van der Waals surface area contributed by atoms with Crippen molar-refractivity contribution in [2.75, 3.05) is 26.2 Å². The minimum absolute atomic E-state index is 0.114. The maximum absolute atomic E-state index is 12.5. The molecule has 1 aliphatic heterocycles. The third-order valence-electron chi connectivity index (χ3n) is 6.60. The molecule has 6 heteroatoms. The molecule has 0 aromatic heterocycles. The third kappa shape index (κ3) is 3.78. The number of hydrogen-bond donors (Lipinski definition) is 2. The Morgan fingerprint density at radius 1 is 1.28 bits per heavy atom. The molecule has 2 saturated carbocycles. The van der Waals surface area contributed by atoms with Gasteiger partial charge >= 0.3 is 12.0 Å². The molecular formula is C19H32N2O4. The van der Waals surface area contributed by atoms with Crippen LogP contribution in [0.15, 0.2) is 0 Å². The number of carbonyl (C=O) groups excluding carboxylic acids is 1. The Labute approximate surface area is 150 Å². The third-order valence-corrected chi connectivity index (χ3v) is 6.60. The summed E-state index contributed by atoms with van der Waals surface area (Å²) in [7, 11) is 0. The topological polar surface area (TPSA) is 78.9 Å². The molecule has 1 unspecified atom stereocenters. The first-order valence-electron chi connectivity index (χ1n) is 9.94. The number of amides is 2. The van der Waals surface area contributed by atoms with E-state index in [-0.39, 0.29) is 18.1 Å². The van der Waals surface area contributed by atoms with Crippen LogP contribution >= 0.6 is 0 Å². The number of aliphatic carboxylic acids is 1. The highest BCUT2D eigenvalue weighted by Crippen LogP contribution is 2.48. The summed E-state index contributed by atoms with van der Waals surface area (Å²) < 4.78 is 5.90. The van der Waals surface area contributed by atoms with Crippen LogP contribution < -0.4 is 5.32 Å². The summed E-state index contributed by atoms with van der Waals surface area (Å²) in [6.07, 6.45) is 8.68. The van der Waals surface area contributed by atoms with Crippen LogP contribution in [0.3, 0.4) is 0 Å². The summed E-state index contributed by atoms with van der Waals surface area (Å²) in [5, 5.41) is 12.6. The summed E-state index contributed by atoms with van der Waals surface area (Å²) >= 11 is 0. The van der Waals surface area contributed by atoms with Crippen molar-refractivity contribution in [1.82, 2.24) is 10.2 Å². The van der Waals surface area contributed by atoms with Crippen molar-refractivity contribution < 1.29 is 19.4 Å². The van der Waals surface area contributed by atoms with Gasteiger partial charge in [0.15, 0.2) is 0 Å². The van der Waals surface area contributed by atoms with Crippen molar-refractivity contribution in [3.63, 3.8) is 0 Å². The van der Waals surface area contributed by atoms with E-state index in [1.165, 1.54) is 25.7 Å². The van der Waals surface area contributed by atoms with Gasteiger partial charge < -0.3 is 20.1 Å². The zero-order chi connectivity index (χ0) is 17.9. The van der Waals surface area contributed by atoms with Crippen LogP contribution in [0.4, 0.5) is 4.79 Å². The van der Waals surface area contributed by atoms with Gasteiger partial charge in [-0.15, -0.1) is 0 Å². The van der Waals surface area contributed by atoms with E-state index in [0.717, 1.165) is 19.3 Å². The number of carboxylic acids is 1. The van der Waals surface area contributed by atoms with Crippen molar-refractivity contribution in [3.05, 3.63) is 0 Å². The fourth-order valence-corrected chi connectivity index (χ4v) is 5.23. The molecule has 3 atom stereocenters. The first-order valence-corrected chi connectivity index (χ1v) is 9.94. The Balaban J connectivity index is 1.47. The Bertz CT molecular complexity index is 492. The molecule has 25 heavy (non-hydrogen) atoms. The van der Waals surface area contributed by atoms with Crippen LogP contribution in [-0.4, -0.2) is 54.4 Å². The minimum Gasteiger partial charge on any atom is -0.481 e. The maximum atomic E-state index is 12.5. The summed E-state index contributed by atoms with van der Waals surface area (Å²) in [6, 6.07) is -0.114. The van der Waals surface area contributed by atoms with E-state index in [4.69, 9.17) is 4.74 Å². The summed E-state index contributed by atoms with van der Waals surface area (Å²) in [6.45, 7) is 4.27. The van der Waals surface area contributed by atoms with Crippen molar-refractivity contribution >= 4 is 12.0 Å². The second-order valence-corrected chi connectivity index (χ2v) is 7.99. The normalized spacial score (nSPS) is 30.4. The molecule has 1 heterocycles. The first-order chi connectivity index (χ1) is 12.1. The lowest BCUT2D eigenvalue weighted by atomic mass is 9.81. The number of nitrogens with zero attached hydrogens (tertiary/aromatic N) is 1. The molecule has 3 aliphatic rings. The first kappa shape index (κ1) is 18.5. The lowest BCUT2D eigenvalue weighted by molar-refractivity contribution is -0.149. The Kier molecular flexibility index (Phi) is 5.87. The molecule has 142 valence electrons. The molecule has 0 aromatic carbocycles. The van der Waals surface area contributed by atoms with E-state index in [1.807, 2.05) is 6.92 Å². The summed E-state index contributed by atoms with van der Waals surface area (Å²) in [4.78, 5) is 25.9. The highest BCUT2D eigenvalue weighted by Gasteiger charge is 2.55. The largest absolute Gasteiger partial charge is 0.481 e. The molecule has 0 bridgehead atoms. The number of nitrogens with one attached hydrogen (secondary N) is 1. The van der Waals surface area contributed by atoms with Crippen molar-refractivity contribution in [3.8, 4) is 0 Å². The van der Waals surface area contributed by atoms with E-state index in [1.54, 1.807) is 4.90 Å². The molecule has 2 N–H and O–H groups in total. The quantitative estimate of drug-likeness (QED) is 0.738. The fraction of sp³-hybridized carbons (Fsp3) is 0.895. The van der Waals surface area contributed by atoms with Crippen LogP contribution in [-0.2, 0) is 9.53 Å². The van der Waals surface area contributed by atoms with Gasteiger partial charge in [-0.1, -0.05) is 19.3 Å². The van der Waals surface area contributed by atoms with E-state index in [0.29, 0.717) is 38.6 Å². The Hall–Kier alpha value is -1.30. The monoisotopic (exact) mass is 352 g/mol. The molecule has 0 radical (unpaired) electrons. The molecule has 2 aliphatic carbocycles. The molecule has 0 spiro atoms. The number of ether oxygens (including phenoxy) is 1. The number of carboxylic acid groups (broad SMARTS) is 1. The average Bonchev–Trinajstić information content (AvgIpc) is 3.29. The van der Waals surface area contributed by atoms with Gasteiger partial charge in [-0.05, 0) is 50.9 Å². The van der Waals surface area contributed by atoms with Crippen LogP contribution in [0, 0.1) is 17.3 Å². The van der Waals surface area contributed by atoms with E-state index in [9.17, 15) is 14.7 Å². The van der Waals surface area contributed by atoms with Crippen molar-refractivity contribution in [2.24, 2.45) is 17.3 Å². The van der Waals surface area contributed by atoms with Gasteiger partial charge in [-0.2, -0.15) is 0 Å². The average molecular weight is 352 g/mol. The second kappa shape index (κ2) is 7.94. The van der Waals surface area contributed by atoms with Crippen LogP contribution in [0.1, 0.15) is 58.3 Å². The van der Waals surface area contributed by atoms with E-state index < -0.39 is 11.4 Å². The molecule has 3 rings (SSSR count). The molecular weight excluding hydrogens is 320 g/mol. The molecule has 2 amide bonds. The molecule has 6 nitrogen and oxygen atoms in total. The van der Waals surface area contributed by atoms with Gasteiger partial charge in [-0.25, -0.2) is 4.79 Å². The van der Waals surface area contributed by atoms with Gasteiger partial charge in [0.2, 0.25) is 0 Å². The lowest BCUT2D eigenvalue weighted by Gasteiger charge is -2.25. The van der Waals surface area contributed by atoms with Gasteiger partial charge in [0.05, 0.1) is 11.5 Å². The van der Waals surface area contributed by atoms with Gasteiger partial charge in [0, 0.05) is 26.2 Å². The Morgan fingerprint density at radius 3 is 2.68 bits per heavy atom. The number of likely N-dealkylation sites (tertiary alicyclic amines) is 1. The molecule has 0 aromatic rings.